The first-order valence-electron chi connectivity index (χ1n) is 16.5. The van der Waals surface area contributed by atoms with E-state index in [-0.39, 0.29) is 37.6 Å². The number of nitrogens with zero attached hydrogens (tertiary/aromatic N) is 2. The lowest BCUT2D eigenvalue weighted by Gasteiger charge is -2.28. The molecule has 1 saturated heterocycles. The minimum atomic E-state index is -1.04. The number of aromatic nitrogens is 2. The summed E-state index contributed by atoms with van der Waals surface area (Å²) in [6, 6.07) is 17.1. The van der Waals surface area contributed by atoms with Crippen LogP contribution in [0, 0.1) is 0 Å². The van der Waals surface area contributed by atoms with Gasteiger partial charge in [0.1, 0.15) is 6.04 Å². The maximum atomic E-state index is 11.6. The Morgan fingerprint density at radius 2 is 1.88 bits per heavy atom. The SMILES string of the molecule is COc1nc(-c2cccc(-c3ccnc(-c4ccc5c(c4)CCC[C@@H]5NC[C@@H]4CCC(=O)N4)c3Cl)c2Cl)ccc1CN[C@@H](CCO)C(=O)O. The molecule has 1 aliphatic heterocycles. The van der Waals surface area contributed by atoms with Gasteiger partial charge < -0.3 is 30.9 Å². The van der Waals surface area contributed by atoms with E-state index in [9.17, 15) is 19.8 Å². The quantitative estimate of drug-likeness (QED) is 0.114. The first-order chi connectivity index (χ1) is 23.8. The van der Waals surface area contributed by atoms with Crippen LogP contribution in [-0.2, 0) is 22.6 Å². The number of pyridine rings is 2. The van der Waals surface area contributed by atoms with Crippen molar-refractivity contribution in [2.24, 2.45) is 0 Å². The average molecular weight is 705 g/mol. The minimum absolute atomic E-state index is 0.0819. The molecule has 2 aromatic heterocycles. The summed E-state index contributed by atoms with van der Waals surface area (Å²) in [5, 5.41) is 29.2. The van der Waals surface area contributed by atoms with Crippen molar-refractivity contribution in [1.82, 2.24) is 25.9 Å². The number of carboxylic acid groups (broad SMARTS) is 1. The van der Waals surface area contributed by atoms with Gasteiger partial charge in [-0.15, -0.1) is 0 Å². The number of rotatable bonds is 13. The van der Waals surface area contributed by atoms with Crippen LogP contribution in [0.3, 0.4) is 0 Å². The van der Waals surface area contributed by atoms with E-state index in [2.05, 4.69) is 44.1 Å². The van der Waals surface area contributed by atoms with Crippen LogP contribution in [0.4, 0.5) is 0 Å². The zero-order chi connectivity index (χ0) is 34.5. The molecule has 3 atom stereocenters. The van der Waals surface area contributed by atoms with Crippen LogP contribution in [0.1, 0.15) is 54.8 Å². The Morgan fingerprint density at radius 3 is 2.63 bits per heavy atom. The molecule has 0 saturated carbocycles. The number of aryl methyl sites for hydroxylation is 1. The molecule has 0 bridgehead atoms. The van der Waals surface area contributed by atoms with Crippen LogP contribution in [0.25, 0.3) is 33.6 Å². The van der Waals surface area contributed by atoms with E-state index in [4.69, 9.17) is 27.9 Å². The van der Waals surface area contributed by atoms with Crippen LogP contribution < -0.4 is 20.7 Å². The lowest BCUT2D eigenvalue weighted by Crippen LogP contribution is -2.38. The van der Waals surface area contributed by atoms with Crippen molar-refractivity contribution in [1.29, 1.82) is 0 Å². The normalized spacial score (nSPS) is 17.8. The first kappa shape index (κ1) is 34.8. The molecule has 1 aliphatic carbocycles. The molecule has 1 amide bonds. The topological polar surface area (TPSA) is 146 Å². The summed E-state index contributed by atoms with van der Waals surface area (Å²) in [5.74, 6) is -0.581. The van der Waals surface area contributed by atoms with Crippen LogP contribution in [-0.4, -0.2) is 64.4 Å². The second kappa shape index (κ2) is 15.7. The summed E-state index contributed by atoms with van der Waals surface area (Å²) in [6.45, 7) is 0.706. The molecular weight excluding hydrogens is 665 g/mol. The van der Waals surface area contributed by atoms with Crippen molar-refractivity contribution in [3.8, 4) is 39.5 Å². The highest BCUT2D eigenvalue weighted by Crippen LogP contribution is 2.42. The first-order valence-corrected chi connectivity index (χ1v) is 17.2. The number of fused-ring (bicyclic) bond motifs is 1. The van der Waals surface area contributed by atoms with Gasteiger partial charge in [-0.3, -0.25) is 14.6 Å². The van der Waals surface area contributed by atoms with Crippen molar-refractivity contribution < 1.29 is 24.5 Å². The number of methoxy groups -OCH3 is 1. The van der Waals surface area contributed by atoms with Crippen molar-refractivity contribution >= 4 is 35.1 Å². The molecule has 0 spiro atoms. The van der Waals surface area contributed by atoms with E-state index in [1.165, 1.54) is 18.2 Å². The monoisotopic (exact) mass is 703 g/mol. The molecule has 256 valence electrons. The zero-order valence-electron chi connectivity index (χ0n) is 27.1. The fraction of sp³-hybridized carbons (Fsp3) is 0.351. The Balaban J connectivity index is 1.24. The zero-order valence-corrected chi connectivity index (χ0v) is 28.7. The van der Waals surface area contributed by atoms with Gasteiger partial charge in [-0.25, -0.2) is 4.98 Å². The number of nitrogens with one attached hydrogen (secondary N) is 3. The summed E-state index contributed by atoms with van der Waals surface area (Å²) in [7, 11) is 1.50. The third-order valence-electron chi connectivity index (χ3n) is 9.27. The van der Waals surface area contributed by atoms with E-state index in [0.717, 1.165) is 48.9 Å². The van der Waals surface area contributed by atoms with Gasteiger partial charge in [0.15, 0.2) is 0 Å². The van der Waals surface area contributed by atoms with Gasteiger partial charge in [0.2, 0.25) is 11.8 Å². The number of ether oxygens (including phenoxy) is 1. The smallest absolute Gasteiger partial charge is 0.320 e. The predicted molar refractivity (Wildman–Crippen MR) is 190 cm³/mol. The largest absolute Gasteiger partial charge is 0.481 e. The summed E-state index contributed by atoms with van der Waals surface area (Å²) < 4.78 is 5.55. The Bertz CT molecular complexity index is 1850. The summed E-state index contributed by atoms with van der Waals surface area (Å²) >= 11 is 14.2. The van der Waals surface area contributed by atoms with E-state index >= 15 is 0 Å². The molecule has 3 heterocycles. The second-order valence-electron chi connectivity index (χ2n) is 12.4. The highest BCUT2D eigenvalue weighted by molar-refractivity contribution is 6.39. The standard InChI is InChI=1S/C37H39Cl2N5O5/c1-49-36-23(19-41-31(15-17-45)37(47)48)9-12-30(44-36)28-6-3-5-26(33(28)38)27-14-16-40-35(34(27)39)22-8-11-25-21(18-22)4-2-7-29(25)42-20-24-10-13-32(46)43-24/h3,5-6,8-9,11-12,14,16,18,24,29,31,41-42,45H,2,4,7,10,13,15,17,19-20H2,1H3,(H,43,46)(H,47,48)/t24-,29-,31-/m0/s1. The van der Waals surface area contributed by atoms with Gasteiger partial charge in [0.05, 0.1) is 28.5 Å². The fourth-order valence-corrected chi connectivity index (χ4v) is 7.33. The number of carboxylic acids is 1. The van der Waals surface area contributed by atoms with E-state index < -0.39 is 12.0 Å². The highest BCUT2D eigenvalue weighted by Gasteiger charge is 2.26. The molecule has 10 nitrogen and oxygen atoms in total. The van der Waals surface area contributed by atoms with Gasteiger partial charge in [0.25, 0.3) is 0 Å². The van der Waals surface area contributed by atoms with Crippen molar-refractivity contribution in [3.05, 3.63) is 87.5 Å². The number of benzene rings is 2. The number of carbonyl (C=O) groups is 2. The third-order valence-corrected chi connectivity index (χ3v) is 10.1. The molecule has 6 rings (SSSR count). The van der Waals surface area contributed by atoms with Crippen LogP contribution in [0.2, 0.25) is 10.0 Å². The van der Waals surface area contributed by atoms with Crippen LogP contribution >= 0.6 is 23.2 Å². The highest BCUT2D eigenvalue weighted by atomic mass is 35.5. The second-order valence-corrected chi connectivity index (χ2v) is 13.2. The Labute approximate surface area is 295 Å². The fourth-order valence-electron chi connectivity index (χ4n) is 6.69. The average Bonchev–Trinajstić information content (AvgIpc) is 3.53. The van der Waals surface area contributed by atoms with Gasteiger partial charge >= 0.3 is 5.97 Å². The molecule has 2 aliphatic rings. The number of hydrogen-bond donors (Lipinski definition) is 5. The van der Waals surface area contributed by atoms with E-state index in [0.29, 0.717) is 44.9 Å². The van der Waals surface area contributed by atoms with Crippen molar-refractivity contribution in [3.63, 3.8) is 0 Å². The number of aliphatic hydroxyl groups is 1. The molecule has 12 heteroatoms. The van der Waals surface area contributed by atoms with Gasteiger partial charge in [-0.1, -0.05) is 59.6 Å². The summed E-state index contributed by atoms with van der Waals surface area (Å²) in [5.41, 5.74) is 7.55. The molecule has 2 aromatic carbocycles. The molecular formula is C37H39Cl2N5O5. The minimum Gasteiger partial charge on any atom is -0.481 e. The summed E-state index contributed by atoms with van der Waals surface area (Å²) in [6.07, 6.45) is 6.38. The molecule has 4 aromatic rings. The molecule has 0 unspecified atom stereocenters. The molecule has 0 radical (unpaired) electrons. The van der Waals surface area contributed by atoms with Gasteiger partial charge in [0, 0.05) is 72.2 Å². The lowest BCUT2D eigenvalue weighted by molar-refractivity contribution is -0.140. The Hall–Kier alpha value is -4.06. The maximum Gasteiger partial charge on any atom is 0.320 e. The number of carbonyl (C=O) groups excluding carboxylic acids is 1. The van der Waals surface area contributed by atoms with Crippen molar-refractivity contribution in [2.75, 3.05) is 20.3 Å². The Kier molecular flexibility index (Phi) is 11.1. The molecule has 49 heavy (non-hydrogen) atoms. The third kappa shape index (κ3) is 7.74. The van der Waals surface area contributed by atoms with E-state index in [1.807, 2.05) is 36.4 Å². The molecule has 1 fully saturated rings. The van der Waals surface area contributed by atoms with Crippen molar-refractivity contribution in [2.45, 2.75) is 63.2 Å². The Morgan fingerprint density at radius 1 is 1.06 bits per heavy atom. The van der Waals surface area contributed by atoms with Gasteiger partial charge in [-0.05, 0) is 61.4 Å². The van der Waals surface area contributed by atoms with E-state index in [1.54, 1.807) is 6.20 Å². The maximum absolute atomic E-state index is 11.6. The van der Waals surface area contributed by atoms with Crippen LogP contribution in [0.15, 0.2) is 60.8 Å². The lowest BCUT2D eigenvalue weighted by atomic mass is 9.86. The summed E-state index contributed by atoms with van der Waals surface area (Å²) in [4.78, 5) is 32.5. The predicted octanol–water partition coefficient (Wildman–Crippen LogP) is 5.96. The number of amides is 1. The number of hydrogen-bond acceptors (Lipinski definition) is 8. The number of aliphatic carboxylic acids is 1. The number of halogens is 2. The molecule has 5 N–H and O–H groups in total. The van der Waals surface area contributed by atoms with Crippen LogP contribution in [0.5, 0.6) is 5.88 Å². The van der Waals surface area contributed by atoms with Gasteiger partial charge in [-0.2, -0.15) is 0 Å². The number of aliphatic hydroxyl groups excluding tert-OH is 1.